The van der Waals surface area contributed by atoms with Crippen LogP contribution in [0.3, 0.4) is 0 Å². The van der Waals surface area contributed by atoms with E-state index >= 15 is 0 Å². The topological polar surface area (TPSA) is 79.3 Å². The summed E-state index contributed by atoms with van der Waals surface area (Å²) in [5.41, 5.74) is 2.54. The molecule has 0 fully saturated rings. The third kappa shape index (κ3) is 4.70. The van der Waals surface area contributed by atoms with Gasteiger partial charge in [0.15, 0.2) is 5.78 Å². The minimum Gasteiger partial charge on any atom is -0.506 e. The molecule has 0 saturated heterocycles. The average Bonchev–Trinajstić information content (AvgIpc) is 2.94. The molecule has 2 aromatic rings. The number of nitrogens with zero attached hydrogens (tertiary/aromatic N) is 1. The summed E-state index contributed by atoms with van der Waals surface area (Å²) >= 11 is 0. The average molecular weight is 362 g/mol. The minimum atomic E-state index is -0.422. The van der Waals surface area contributed by atoms with Crippen LogP contribution in [0.25, 0.3) is 10.9 Å². The third-order valence-corrected chi connectivity index (χ3v) is 4.47. The largest absolute Gasteiger partial charge is 0.506 e. The molecule has 0 atom stereocenters. The first-order chi connectivity index (χ1) is 13.0. The first-order valence-corrected chi connectivity index (χ1v) is 8.96. The predicted molar refractivity (Wildman–Crippen MR) is 106 cm³/mol. The highest BCUT2D eigenvalue weighted by molar-refractivity contribution is 5.98. The zero-order valence-electron chi connectivity index (χ0n) is 15.2. The number of carbonyl (C=O) groups excluding carboxylic acids is 2. The fourth-order valence-electron chi connectivity index (χ4n) is 2.97. The van der Waals surface area contributed by atoms with Crippen LogP contribution in [0.2, 0.25) is 0 Å². The number of hydrogen-bond acceptors (Lipinski definition) is 4. The Morgan fingerprint density at radius 3 is 2.96 bits per heavy atom. The highest BCUT2D eigenvalue weighted by atomic mass is 16.3. The molecule has 0 unspecified atom stereocenters. The van der Waals surface area contributed by atoms with E-state index in [1.54, 1.807) is 12.1 Å². The van der Waals surface area contributed by atoms with Gasteiger partial charge in [-0.15, -0.1) is 0 Å². The molecular weight excluding hydrogens is 340 g/mol. The van der Waals surface area contributed by atoms with Gasteiger partial charge in [-0.05, 0) is 37.5 Å². The SMILES string of the molecule is Cc1cc(C(=O)NCC(=O)CCC2=CCC=CC=C2)nc2c(O)cccc12. The van der Waals surface area contributed by atoms with Crippen molar-refractivity contribution in [3.8, 4) is 5.75 Å². The van der Waals surface area contributed by atoms with Gasteiger partial charge in [0, 0.05) is 11.8 Å². The second-order valence-electron chi connectivity index (χ2n) is 6.52. The fraction of sp³-hybridized carbons (Fsp3) is 0.227. The van der Waals surface area contributed by atoms with E-state index in [0.29, 0.717) is 18.4 Å². The Morgan fingerprint density at radius 1 is 1.26 bits per heavy atom. The molecule has 1 heterocycles. The maximum Gasteiger partial charge on any atom is 0.270 e. The van der Waals surface area contributed by atoms with Gasteiger partial charge in [0.1, 0.15) is 17.0 Å². The van der Waals surface area contributed by atoms with Gasteiger partial charge in [0.05, 0.1) is 6.54 Å². The summed E-state index contributed by atoms with van der Waals surface area (Å²) in [7, 11) is 0. The van der Waals surface area contributed by atoms with Crippen LogP contribution >= 0.6 is 0 Å². The Balaban J connectivity index is 1.59. The van der Waals surface area contributed by atoms with Crippen LogP contribution in [0.4, 0.5) is 0 Å². The molecule has 1 amide bonds. The van der Waals surface area contributed by atoms with Crippen LogP contribution in [0.15, 0.2) is 60.2 Å². The monoisotopic (exact) mass is 362 g/mol. The maximum absolute atomic E-state index is 12.4. The lowest BCUT2D eigenvalue weighted by Gasteiger charge is -2.08. The van der Waals surface area contributed by atoms with E-state index in [-0.39, 0.29) is 23.8 Å². The van der Waals surface area contributed by atoms with Crippen molar-refractivity contribution in [2.45, 2.75) is 26.2 Å². The maximum atomic E-state index is 12.4. The van der Waals surface area contributed by atoms with Gasteiger partial charge in [-0.2, -0.15) is 0 Å². The molecule has 3 rings (SSSR count). The van der Waals surface area contributed by atoms with Crippen molar-refractivity contribution in [1.82, 2.24) is 10.3 Å². The van der Waals surface area contributed by atoms with Gasteiger partial charge < -0.3 is 10.4 Å². The van der Waals surface area contributed by atoms with E-state index in [1.807, 2.05) is 31.2 Å². The van der Waals surface area contributed by atoms with Crippen LogP contribution < -0.4 is 5.32 Å². The lowest BCUT2D eigenvalue weighted by atomic mass is 10.1. The Bertz CT molecular complexity index is 971. The summed E-state index contributed by atoms with van der Waals surface area (Å²) in [6.45, 7) is 1.82. The first kappa shape index (κ1) is 18.6. The molecule has 1 aromatic heterocycles. The van der Waals surface area contributed by atoms with Crippen molar-refractivity contribution in [1.29, 1.82) is 0 Å². The van der Waals surface area contributed by atoms with Crippen molar-refractivity contribution in [2.24, 2.45) is 0 Å². The second-order valence-corrected chi connectivity index (χ2v) is 6.52. The molecule has 0 aliphatic heterocycles. The molecule has 0 radical (unpaired) electrons. The predicted octanol–water partition coefficient (Wildman–Crippen LogP) is 3.77. The van der Waals surface area contributed by atoms with Gasteiger partial charge in [0.2, 0.25) is 0 Å². The molecule has 1 aliphatic carbocycles. The number of nitrogens with one attached hydrogen (secondary N) is 1. The van der Waals surface area contributed by atoms with Crippen LogP contribution in [-0.4, -0.2) is 28.3 Å². The lowest BCUT2D eigenvalue weighted by molar-refractivity contribution is -0.118. The summed E-state index contributed by atoms with van der Waals surface area (Å²) in [5, 5.41) is 13.4. The van der Waals surface area contributed by atoms with Crippen molar-refractivity contribution < 1.29 is 14.7 Å². The number of aromatic hydroxyl groups is 1. The molecule has 0 saturated carbocycles. The first-order valence-electron chi connectivity index (χ1n) is 8.96. The van der Waals surface area contributed by atoms with Crippen molar-refractivity contribution >= 4 is 22.6 Å². The van der Waals surface area contributed by atoms with E-state index in [0.717, 1.165) is 22.9 Å². The van der Waals surface area contributed by atoms with E-state index in [4.69, 9.17) is 0 Å². The van der Waals surface area contributed by atoms with E-state index in [1.165, 1.54) is 6.07 Å². The fourth-order valence-corrected chi connectivity index (χ4v) is 2.97. The number of Topliss-reactive ketones (excluding diaryl/α,β-unsaturated/α-hetero) is 1. The number of aromatic nitrogens is 1. The number of amides is 1. The molecule has 0 spiro atoms. The molecule has 1 aromatic carbocycles. The van der Waals surface area contributed by atoms with Gasteiger partial charge in [-0.1, -0.05) is 48.1 Å². The van der Waals surface area contributed by atoms with Crippen molar-refractivity contribution in [2.75, 3.05) is 6.54 Å². The smallest absolute Gasteiger partial charge is 0.270 e. The number of hydrogen-bond donors (Lipinski definition) is 2. The zero-order valence-corrected chi connectivity index (χ0v) is 15.2. The van der Waals surface area contributed by atoms with Crippen molar-refractivity contribution in [3.05, 3.63) is 71.5 Å². The lowest BCUT2D eigenvalue weighted by Crippen LogP contribution is -2.30. The zero-order chi connectivity index (χ0) is 19.2. The molecular formula is C22H22N2O3. The number of rotatable bonds is 6. The Labute approximate surface area is 158 Å². The summed E-state index contributed by atoms with van der Waals surface area (Å²) in [5.74, 6) is -0.426. The Kier molecular flexibility index (Phi) is 5.81. The molecule has 0 bridgehead atoms. The number of fused-ring (bicyclic) bond motifs is 1. The van der Waals surface area contributed by atoms with Crippen LogP contribution in [0.1, 0.15) is 35.3 Å². The highest BCUT2D eigenvalue weighted by Gasteiger charge is 2.13. The van der Waals surface area contributed by atoms with Gasteiger partial charge in [0.25, 0.3) is 5.91 Å². The molecule has 5 nitrogen and oxygen atoms in total. The normalized spacial score (nSPS) is 13.3. The van der Waals surface area contributed by atoms with E-state index < -0.39 is 5.91 Å². The molecule has 2 N–H and O–H groups in total. The second kappa shape index (κ2) is 8.45. The number of carbonyl (C=O) groups is 2. The minimum absolute atomic E-state index is 0.0283. The van der Waals surface area contributed by atoms with E-state index in [2.05, 4.69) is 22.5 Å². The Morgan fingerprint density at radius 2 is 2.11 bits per heavy atom. The van der Waals surface area contributed by atoms with Crippen LogP contribution in [0.5, 0.6) is 5.75 Å². The van der Waals surface area contributed by atoms with Crippen LogP contribution in [0, 0.1) is 6.92 Å². The molecule has 5 heteroatoms. The summed E-state index contributed by atoms with van der Waals surface area (Å²) in [6.07, 6.45) is 12.0. The summed E-state index contributed by atoms with van der Waals surface area (Å²) in [6, 6.07) is 6.77. The summed E-state index contributed by atoms with van der Waals surface area (Å²) < 4.78 is 0. The number of pyridine rings is 1. The van der Waals surface area contributed by atoms with E-state index in [9.17, 15) is 14.7 Å². The number of phenolic OH excluding ortho intramolecular Hbond substituents is 1. The van der Waals surface area contributed by atoms with Gasteiger partial charge >= 0.3 is 0 Å². The number of para-hydroxylation sites is 1. The van der Waals surface area contributed by atoms with Gasteiger partial charge in [-0.3, -0.25) is 9.59 Å². The number of phenols is 1. The van der Waals surface area contributed by atoms with Crippen LogP contribution in [-0.2, 0) is 4.79 Å². The third-order valence-electron chi connectivity index (χ3n) is 4.47. The highest BCUT2D eigenvalue weighted by Crippen LogP contribution is 2.25. The van der Waals surface area contributed by atoms with Crippen molar-refractivity contribution in [3.63, 3.8) is 0 Å². The molecule has 1 aliphatic rings. The standard InChI is InChI=1S/C22H22N2O3/c1-15-13-19(24-21-18(15)9-6-10-20(21)26)22(27)23-14-17(25)12-11-16-7-4-2-3-5-8-16/h2-4,6-10,13,26H,5,11-12,14H2,1H3,(H,23,27). The summed E-state index contributed by atoms with van der Waals surface area (Å²) in [4.78, 5) is 28.7. The molecule has 138 valence electrons. The number of benzene rings is 1. The van der Waals surface area contributed by atoms with Gasteiger partial charge in [-0.25, -0.2) is 4.98 Å². The number of aryl methyl sites for hydroxylation is 1. The Hall–Kier alpha value is -3.21. The number of allylic oxidation sites excluding steroid dienone is 6. The quantitative estimate of drug-likeness (QED) is 0.820. The molecule has 27 heavy (non-hydrogen) atoms. The number of ketones is 1.